The van der Waals surface area contributed by atoms with E-state index in [9.17, 15) is 14.0 Å². The Morgan fingerprint density at radius 1 is 1.04 bits per heavy atom. The van der Waals surface area contributed by atoms with Gasteiger partial charge in [-0.3, -0.25) is 4.79 Å². The first-order valence-corrected chi connectivity index (χ1v) is 7.79. The number of carbonyl (C=O) groups is 2. The second-order valence-corrected chi connectivity index (χ2v) is 6.75. The van der Waals surface area contributed by atoms with Gasteiger partial charge in [0.2, 0.25) is 0 Å². The molecule has 126 valence electrons. The van der Waals surface area contributed by atoms with Crippen LogP contribution in [0.15, 0.2) is 48.5 Å². The summed E-state index contributed by atoms with van der Waals surface area (Å²) in [5.41, 5.74) is 1.34. The van der Waals surface area contributed by atoms with Crippen LogP contribution in [0, 0.1) is 5.82 Å². The van der Waals surface area contributed by atoms with Crippen LogP contribution in [-0.4, -0.2) is 16.2 Å². The summed E-state index contributed by atoms with van der Waals surface area (Å²) >= 11 is 3.93. The van der Waals surface area contributed by atoms with Crippen molar-refractivity contribution < 1.29 is 14.0 Å². The van der Waals surface area contributed by atoms with Gasteiger partial charge in [0.05, 0.1) is 5.69 Å². The van der Waals surface area contributed by atoms with E-state index in [4.69, 9.17) is 0 Å². The fourth-order valence-corrected chi connectivity index (χ4v) is 2.22. The highest BCUT2D eigenvalue weighted by Crippen LogP contribution is 2.23. The number of imide groups is 1. The van der Waals surface area contributed by atoms with E-state index in [1.165, 1.54) is 18.2 Å². The third kappa shape index (κ3) is 4.14. The number of amides is 3. The molecule has 0 saturated heterocycles. The summed E-state index contributed by atoms with van der Waals surface area (Å²) in [4.78, 5) is 24.4. The molecule has 0 aliphatic rings. The number of nitrogens with one attached hydrogen (secondary N) is 1. The number of urea groups is 1. The number of hydrogen-bond acceptors (Lipinski definition) is 3. The Labute approximate surface area is 146 Å². The molecule has 0 atom stereocenters. The van der Waals surface area contributed by atoms with E-state index < -0.39 is 17.8 Å². The predicted octanol–water partition coefficient (Wildman–Crippen LogP) is 4.64. The molecule has 0 unspecified atom stereocenters. The second-order valence-electron chi connectivity index (χ2n) is 6.35. The molecule has 0 saturated carbocycles. The average Bonchev–Trinajstić information content (AvgIpc) is 2.55. The van der Waals surface area contributed by atoms with Crippen LogP contribution in [0.3, 0.4) is 0 Å². The first kappa shape index (κ1) is 18.0. The normalized spacial score (nSPS) is 11.0. The van der Waals surface area contributed by atoms with Gasteiger partial charge in [0, 0.05) is 5.56 Å². The highest BCUT2D eigenvalue weighted by Gasteiger charge is 2.21. The molecule has 0 spiro atoms. The molecular formula is C18H19FN2O2S. The van der Waals surface area contributed by atoms with Crippen molar-refractivity contribution in [3.05, 3.63) is 65.5 Å². The van der Waals surface area contributed by atoms with Crippen LogP contribution in [0.1, 0.15) is 36.7 Å². The molecule has 0 fully saturated rings. The maximum absolute atomic E-state index is 13.6. The molecule has 4 nitrogen and oxygen atoms in total. The Morgan fingerprint density at radius 2 is 1.62 bits per heavy atom. The maximum Gasteiger partial charge on any atom is 0.339 e. The third-order valence-corrected chi connectivity index (χ3v) is 3.86. The molecule has 24 heavy (non-hydrogen) atoms. The van der Waals surface area contributed by atoms with Crippen molar-refractivity contribution in [1.29, 1.82) is 0 Å². The van der Waals surface area contributed by atoms with E-state index in [2.05, 4.69) is 38.9 Å². The largest absolute Gasteiger partial charge is 0.339 e. The Hall–Kier alpha value is -2.34. The molecule has 0 heterocycles. The van der Waals surface area contributed by atoms with Crippen LogP contribution in [0.25, 0.3) is 0 Å². The van der Waals surface area contributed by atoms with E-state index in [0.717, 1.165) is 5.56 Å². The first-order chi connectivity index (χ1) is 11.2. The van der Waals surface area contributed by atoms with Crippen molar-refractivity contribution in [2.45, 2.75) is 26.2 Å². The van der Waals surface area contributed by atoms with Gasteiger partial charge in [0.1, 0.15) is 5.82 Å². The minimum atomic E-state index is -0.826. The van der Waals surface area contributed by atoms with Gasteiger partial charge in [-0.1, -0.05) is 57.9 Å². The monoisotopic (exact) mass is 346 g/mol. The molecule has 0 aliphatic carbocycles. The number of carbonyl (C=O) groups excluding carboxylic acids is 2. The highest BCUT2D eigenvalue weighted by molar-refractivity contribution is 7.79. The lowest BCUT2D eigenvalue weighted by Gasteiger charge is -2.20. The van der Waals surface area contributed by atoms with Gasteiger partial charge in [-0.2, -0.15) is 0 Å². The SMILES string of the molecule is CC(C)(C)c1ccc(C(=O)N(S)C(=O)Nc2ccccc2F)cc1. The standard InChI is InChI=1S/C18H19FN2O2S/c1-18(2,3)13-10-8-12(9-11-13)16(22)21(24)17(23)20-15-7-5-4-6-14(15)19/h4-11,24H,1-3H3,(H,20,23). The number of rotatable bonds is 2. The molecule has 3 amide bonds. The average molecular weight is 346 g/mol. The number of nitrogens with zero attached hydrogens (tertiary/aromatic N) is 1. The molecule has 2 aromatic carbocycles. The highest BCUT2D eigenvalue weighted by atomic mass is 32.1. The Balaban J connectivity index is 2.11. The number of hydrogen-bond donors (Lipinski definition) is 2. The molecular weight excluding hydrogens is 327 g/mol. The number of halogens is 1. The molecule has 1 N–H and O–H groups in total. The summed E-state index contributed by atoms with van der Waals surface area (Å²) in [7, 11) is 0. The van der Waals surface area contributed by atoms with Crippen LogP contribution in [0.5, 0.6) is 0 Å². The Kier molecular flexibility index (Phi) is 5.29. The first-order valence-electron chi connectivity index (χ1n) is 7.39. The summed E-state index contributed by atoms with van der Waals surface area (Å²) in [6, 6.07) is 11.8. The van der Waals surface area contributed by atoms with Gasteiger partial charge in [-0.15, -0.1) is 0 Å². The zero-order valence-corrected chi connectivity index (χ0v) is 14.6. The fraction of sp³-hybridized carbons (Fsp3) is 0.222. The van der Waals surface area contributed by atoms with Gasteiger partial charge >= 0.3 is 6.03 Å². The van der Waals surface area contributed by atoms with Crippen molar-refractivity contribution >= 4 is 30.4 Å². The molecule has 0 bridgehead atoms. The summed E-state index contributed by atoms with van der Waals surface area (Å²) in [5, 5.41) is 2.31. The van der Waals surface area contributed by atoms with Gasteiger partial charge < -0.3 is 5.32 Å². The lowest BCUT2D eigenvalue weighted by molar-refractivity contribution is 0.0901. The summed E-state index contributed by atoms with van der Waals surface area (Å²) in [5.74, 6) is -1.18. The molecule has 0 radical (unpaired) electrons. The van der Waals surface area contributed by atoms with E-state index in [0.29, 0.717) is 9.87 Å². The van der Waals surface area contributed by atoms with Crippen LogP contribution in [0.4, 0.5) is 14.9 Å². The number of thiol groups is 1. The fourth-order valence-electron chi connectivity index (χ4n) is 2.06. The molecule has 6 heteroatoms. The van der Waals surface area contributed by atoms with Crippen LogP contribution < -0.4 is 5.32 Å². The number of para-hydroxylation sites is 1. The van der Waals surface area contributed by atoms with Crippen molar-refractivity contribution in [2.75, 3.05) is 5.32 Å². The summed E-state index contributed by atoms with van der Waals surface area (Å²) < 4.78 is 14.2. The molecule has 2 aromatic rings. The Morgan fingerprint density at radius 3 is 2.17 bits per heavy atom. The van der Waals surface area contributed by atoms with Crippen LogP contribution in [0.2, 0.25) is 0 Å². The lowest BCUT2D eigenvalue weighted by Crippen LogP contribution is -2.33. The van der Waals surface area contributed by atoms with Gasteiger partial charge in [-0.05, 0) is 35.2 Å². The van der Waals surface area contributed by atoms with E-state index in [1.807, 2.05) is 12.1 Å². The zero-order valence-electron chi connectivity index (χ0n) is 13.7. The smallest absolute Gasteiger partial charge is 0.304 e. The second kappa shape index (κ2) is 7.05. The predicted molar refractivity (Wildman–Crippen MR) is 95.7 cm³/mol. The molecule has 2 rings (SSSR count). The van der Waals surface area contributed by atoms with Crippen molar-refractivity contribution in [2.24, 2.45) is 0 Å². The minimum Gasteiger partial charge on any atom is -0.304 e. The van der Waals surface area contributed by atoms with E-state index in [-0.39, 0.29) is 11.1 Å². The van der Waals surface area contributed by atoms with E-state index >= 15 is 0 Å². The van der Waals surface area contributed by atoms with Gasteiger partial charge in [-0.25, -0.2) is 13.5 Å². The van der Waals surface area contributed by atoms with Crippen molar-refractivity contribution in [3.8, 4) is 0 Å². The van der Waals surface area contributed by atoms with Crippen molar-refractivity contribution in [3.63, 3.8) is 0 Å². The Bertz CT molecular complexity index is 754. The third-order valence-electron chi connectivity index (χ3n) is 3.50. The van der Waals surface area contributed by atoms with Crippen molar-refractivity contribution in [1.82, 2.24) is 4.31 Å². The molecule has 0 aromatic heterocycles. The van der Waals surface area contributed by atoms with Crippen LogP contribution >= 0.6 is 12.8 Å². The zero-order chi connectivity index (χ0) is 17.9. The summed E-state index contributed by atoms with van der Waals surface area (Å²) in [6.45, 7) is 6.20. The summed E-state index contributed by atoms with van der Waals surface area (Å²) in [6.07, 6.45) is 0. The quantitative estimate of drug-likeness (QED) is 0.778. The number of anilines is 1. The van der Waals surface area contributed by atoms with Gasteiger partial charge in [0.25, 0.3) is 5.91 Å². The number of benzene rings is 2. The minimum absolute atomic E-state index is 0.0163. The lowest BCUT2D eigenvalue weighted by atomic mass is 9.87. The molecule has 0 aliphatic heterocycles. The topological polar surface area (TPSA) is 49.4 Å². The van der Waals surface area contributed by atoms with Crippen LogP contribution in [-0.2, 0) is 5.41 Å². The maximum atomic E-state index is 13.6. The van der Waals surface area contributed by atoms with E-state index in [1.54, 1.807) is 18.2 Å². The van der Waals surface area contributed by atoms with Gasteiger partial charge in [0.15, 0.2) is 0 Å².